The smallest absolute Gasteiger partial charge is 0.108 e. The highest BCUT2D eigenvalue weighted by molar-refractivity contribution is 6.22. The molecule has 0 amide bonds. The molecule has 0 N–H and O–H groups in total. The second-order valence-corrected chi connectivity index (χ2v) is 2.61. The fourth-order valence-electron chi connectivity index (χ4n) is 0.994. The van der Waals surface area contributed by atoms with E-state index in [9.17, 15) is 0 Å². The normalized spacial score (nSPS) is 8.67. The van der Waals surface area contributed by atoms with Gasteiger partial charge in [0.25, 0.3) is 0 Å². The number of rotatable bonds is 6. The first-order valence-corrected chi connectivity index (χ1v) is 4.05. The quantitative estimate of drug-likeness (QED) is 0.411. The van der Waals surface area contributed by atoms with Crippen molar-refractivity contribution in [2.24, 2.45) is 0 Å². The van der Waals surface area contributed by atoms with E-state index in [2.05, 4.69) is 19.7 Å². The largest absolute Gasteiger partial charge is 0.114 e. The predicted molar refractivity (Wildman–Crippen MR) is 57.2 cm³/mol. The van der Waals surface area contributed by atoms with Gasteiger partial charge in [0.05, 0.1) is 0 Å². The van der Waals surface area contributed by atoms with Gasteiger partial charge < -0.3 is 0 Å². The van der Waals surface area contributed by atoms with Gasteiger partial charge in [-0.2, -0.15) is 0 Å². The summed E-state index contributed by atoms with van der Waals surface area (Å²) >= 11 is 0. The van der Waals surface area contributed by atoms with Crippen LogP contribution in [0.1, 0.15) is 19.3 Å². The molecule has 62 valence electrons. The average molecular weight is 158 g/mol. The summed E-state index contributed by atoms with van der Waals surface area (Å²) < 4.78 is 0. The third-order valence-corrected chi connectivity index (χ3v) is 1.60. The van der Waals surface area contributed by atoms with Gasteiger partial charge in [-0.1, -0.05) is 23.8 Å². The molecule has 0 rings (SSSR count). The molecular weight excluding hydrogens is 143 g/mol. The third-order valence-electron chi connectivity index (χ3n) is 1.60. The summed E-state index contributed by atoms with van der Waals surface area (Å²) in [5.41, 5.74) is 2.09. The standard InChI is InChI=1S/C11H15B/c1-4-7-10(8-5-2)11(12)9-6-3/h4-6H,1-3,7-9H2. The van der Waals surface area contributed by atoms with Gasteiger partial charge in [-0.05, 0) is 19.3 Å². The lowest BCUT2D eigenvalue weighted by atomic mass is 9.85. The van der Waals surface area contributed by atoms with E-state index in [1.165, 1.54) is 5.57 Å². The van der Waals surface area contributed by atoms with Crippen LogP contribution in [0.25, 0.3) is 0 Å². The molecule has 0 aromatic carbocycles. The van der Waals surface area contributed by atoms with E-state index in [-0.39, 0.29) is 0 Å². The van der Waals surface area contributed by atoms with Crippen molar-refractivity contribution in [3.8, 4) is 0 Å². The van der Waals surface area contributed by atoms with E-state index in [0.717, 1.165) is 24.7 Å². The fraction of sp³-hybridized carbons (Fsp3) is 0.273. The van der Waals surface area contributed by atoms with Gasteiger partial charge in [-0.3, -0.25) is 0 Å². The van der Waals surface area contributed by atoms with Gasteiger partial charge in [-0.25, -0.2) is 0 Å². The summed E-state index contributed by atoms with van der Waals surface area (Å²) in [6, 6.07) is 0. The maximum Gasteiger partial charge on any atom is 0.108 e. The molecule has 0 aromatic heterocycles. The molecule has 0 saturated carbocycles. The van der Waals surface area contributed by atoms with Gasteiger partial charge in [0.1, 0.15) is 7.85 Å². The molecule has 1 heteroatoms. The molecule has 0 unspecified atom stereocenters. The Morgan fingerprint density at radius 2 is 1.33 bits per heavy atom. The van der Waals surface area contributed by atoms with Crippen LogP contribution in [0.15, 0.2) is 49.0 Å². The molecule has 0 bridgehead atoms. The average Bonchev–Trinajstić information content (AvgIpc) is 2.04. The van der Waals surface area contributed by atoms with Crippen LogP contribution in [0.2, 0.25) is 0 Å². The van der Waals surface area contributed by atoms with E-state index >= 15 is 0 Å². The molecule has 0 saturated heterocycles. The van der Waals surface area contributed by atoms with Crippen LogP contribution in [0.4, 0.5) is 0 Å². The van der Waals surface area contributed by atoms with Crippen molar-refractivity contribution in [1.82, 2.24) is 0 Å². The van der Waals surface area contributed by atoms with Crippen molar-refractivity contribution in [1.29, 1.82) is 0 Å². The summed E-state index contributed by atoms with van der Waals surface area (Å²) in [6.45, 7) is 11.0. The molecule has 0 fully saturated rings. The molecule has 0 heterocycles. The van der Waals surface area contributed by atoms with Gasteiger partial charge in [0, 0.05) is 0 Å². The summed E-state index contributed by atoms with van der Waals surface area (Å²) in [4.78, 5) is 0. The number of hydrogen-bond acceptors (Lipinski definition) is 0. The SMILES string of the molecule is [B]C(CC=C)=C(CC=C)CC=C. The lowest BCUT2D eigenvalue weighted by Crippen LogP contribution is -1.89. The number of allylic oxidation sites excluding steroid dienone is 5. The lowest BCUT2D eigenvalue weighted by molar-refractivity contribution is 1.07. The fourth-order valence-corrected chi connectivity index (χ4v) is 0.994. The van der Waals surface area contributed by atoms with Gasteiger partial charge >= 0.3 is 0 Å². The maximum atomic E-state index is 5.81. The van der Waals surface area contributed by atoms with Crippen LogP contribution < -0.4 is 0 Å². The first-order valence-electron chi connectivity index (χ1n) is 4.05. The molecule has 0 aliphatic rings. The first-order chi connectivity index (χ1) is 5.76. The number of hydrogen-bond donors (Lipinski definition) is 0. The summed E-state index contributed by atoms with van der Waals surface area (Å²) in [6.07, 6.45) is 7.94. The Labute approximate surface area is 76.8 Å². The monoisotopic (exact) mass is 158 g/mol. The Balaban J connectivity index is 4.39. The van der Waals surface area contributed by atoms with Crippen molar-refractivity contribution in [3.63, 3.8) is 0 Å². The molecule has 12 heavy (non-hydrogen) atoms. The topological polar surface area (TPSA) is 0 Å². The zero-order chi connectivity index (χ0) is 9.40. The van der Waals surface area contributed by atoms with Crippen molar-refractivity contribution in [2.45, 2.75) is 19.3 Å². The molecule has 0 spiro atoms. The van der Waals surface area contributed by atoms with E-state index in [4.69, 9.17) is 7.85 Å². The minimum Gasteiger partial charge on any atom is -0.114 e. The lowest BCUT2D eigenvalue weighted by Gasteiger charge is -2.06. The second-order valence-electron chi connectivity index (χ2n) is 2.61. The van der Waals surface area contributed by atoms with E-state index < -0.39 is 0 Å². The van der Waals surface area contributed by atoms with Crippen molar-refractivity contribution < 1.29 is 0 Å². The summed E-state index contributed by atoms with van der Waals surface area (Å²) in [7, 11) is 5.81. The molecule has 0 aliphatic heterocycles. The van der Waals surface area contributed by atoms with Crippen LogP contribution in [-0.4, -0.2) is 7.85 Å². The van der Waals surface area contributed by atoms with Gasteiger partial charge in [0.2, 0.25) is 0 Å². The Kier molecular flexibility index (Phi) is 6.17. The minimum atomic E-state index is 0.747. The highest BCUT2D eigenvalue weighted by atomic mass is 14.0. The van der Waals surface area contributed by atoms with Crippen LogP contribution >= 0.6 is 0 Å². The summed E-state index contributed by atoms with van der Waals surface area (Å²) in [5.74, 6) is 0. The van der Waals surface area contributed by atoms with E-state index in [1.54, 1.807) is 0 Å². The highest BCUT2D eigenvalue weighted by Gasteiger charge is 1.96. The molecule has 0 nitrogen and oxygen atoms in total. The first kappa shape index (κ1) is 11.0. The second kappa shape index (κ2) is 6.72. The third kappa shape index (κ3) is 4.02. The van der Waals surface area contributed by atoms with Crippen LogP contribution in [0, 0.1) is 0 Å². The Morgan fingerprint density at radius 1 is 0.917 bits per heavy atom. The molecule has 0 aromatic rings. The van der Waals surface area contributed by atoms with E-state index in [1.807, 2.05) is 18.2 Å². The Morgan fingerprint density at radius 3 is 1.67 bits per heavy atom. The van der Waals surface area contributed by atoms with Gasteiger partial charge in [-0.15, -0.1) is 25.2 Å². The molecular formula is C11H15B. The summed E-state index contributed by atoms with van der Waals surface area (Å²) in [5, 5.41) is 0. The minimum absolute atomic E-state index is 0.747. The maximum absolute atomic E-state index is 5.81. The zero-order valence-electron chi connectivity index (χ0n) is 7.55. The van der Waals surface area contributed by atoms with Crippen molar-refractivity contribution in [2.75, 3.05) is 0 Å². The predicted octanol–water partition coefficient (Wildman–Crippen LogP) is 3.14. The van der Waals surface area contributed by atoms with Crippen LogP contribution in [0.3, 0.4) is 0 Å². The zero-order valence-corrected chi connectivity index (χ0v) is 7.55. The van der Waals surface area contributed by atoms with Crippen molar-refractivity contribution in [3.05, 3.63) is 49.0 Å². The van der Waals surface area contributed by atoms with Crippen LogP contribution in [-0.2, 0) is 0 Å². The van der Waals surface area contributed by atoms with Gasteiger partial charge in [0.15, 0.2) is 0 Å². The van der Waals surface area contributed by atoms with Crippen molar-refractivity contribution >= 4 is 7.85 Å². The Bertz CT molecular complexity index is 187. The molecule has 2 radical (unpaired) electrons. The van der Waals surface area contributed by atoms with E-state index in [0.29, 0.717) is 0 Å². The molecule has 0 atom stereocenters. The molecule has 0 aliphatic carbocycles. The highest BCUT2D eigenvalue weighted by Crippen LogP contribution is 2.14. The van der Waals surface area contributed by atoms with Crippen LogP contribution in [0.5, 0.6) is 0 Å². The Hall–Kier alpha value is -0.975.